The van der Waals surface area contributed by atoms with Gasteiger partial charge >= 0.3 is 5.97 Å². The quantitative estimate of drug-likeness (QED) is 0.716. The lowest BCUT2D eigenvalue weighted by Crippen LogP contribution is -2.08. The van der Waals surface area contributed by atoms with E-state index >= 15 is 0 Å². The van der Waals surface area contributed by atoms with Crippen LogP contribution in [0.3, 0.4) is 0 Å². The van der Waals surface area contributed by atoms with Gasteiger partial charge in [0, 0.05) is 5.33 Å². The molecule has 58 valence electrons. The maximum atomic E-state index is 10.3. The van der Waals surface area contributed by atoms with Crippen molar-refractivity contribution in [2.45, 2.75) is 25.7 Å². The minimum Gasteiger partial charge on any atom is -0.481 e. The minimum atomic E-state index is -0.654. The highest BCUT2D eigenvalue weighted by molar-refractivity contribution is 9.09. The van der Waals surface area contributed by atoms with Crippen molar-refractivity contribution in [3.63, 3.8) is 0 Å². The Morgan fingerprint density at radius 3 is 2.50 bits per heavy atom. The van der Waals surface area contributed by atoms with Crippen molar-refractivity contribution >= 4 is 21.9 Å². The number of carboxylic acids is 1. The van der Waals surface area contributed by atoms with Gasteiger partial charge < -0.3 is 5.11 Å². The van der Waals surface area contributed by atoms with Crippen LogP contribution in [0.15, 0.2) is 0 Å². The molecule has 0 radical (unpaired) electrons. The van der Waals surface area contributed by atoms with E-state index in [2.05, 4.69) is 15.9 Å². The molecule has 0 heterocycles. The summed E-state index contributed by atoms with van der Waals surface area (Å²) in [6, 6.07) is 0. The predicted octanol–water partition coefficient (Wildman–Crippen LogP) is 2.03. The molecule has 1 aliphatic carbocycles. The van der Waals surface area contributed by atoms with E-state index in [1.54, 1.807) is 0 Å². The third kappa shape index (κ3) is 1.97. The Labute approximate surface area is 68.7 Å². The molecule has 0 aromatic carbocycles. The van der Waals surface area contributed by atoms with E-state index in [1.165, 1.54) is 0 Å². The monoisotopic (exact) mass is 206 g/mol. The Bertz CT molecular complexity index is 141. The molecule has 2 nitrogen and oxygen atoms in total. The molecule has 0 bridgehead atoms. The minimum absolute atomic E-state index is 0.176. The normalized spacial score (nSPS) is 20.5. The fourth-order valence-electron chi connectivity index (χ4n) is 1.21. The van der Waals surface area contributed by atoms with Crippen LogP contribution in [0.4, 0.5) is 0 Å². The summed E-state index contributed by atoms with van der Waals surface area (Å²) in [5, 5.41) is 9.43. The van der Waals surface area contributed by atoms with Crippen molar-refractivity contribution in [3.8, 4) is 0 Å². The van der Waals surface area contributed by atoms with Crippen LogP contribution in [0.2, 0.25) is 0 Å². The zero-order chi connectivity index (χ0) is 7.61. The maximum absolute atomic E-state index is 10.3. The molecule has 10 heavy (non-hydrogen) atoms. The van der Waals surface area contributed by atoms with Crippen LogP contribution >= 0.6 is 15.9 Å². The molecule has 0 aromatic heterocycles. The van der Waals surface area contributed by atoms with Crippen LogP contribution in [0.1, 0.15) is 25.7 Å². The Balaban J connectivity index is 2.30. The number of aliphatic carboxylic acids is 1. The predicted molar refractivity (Wildman–Crippen MR) is 42.3 cm³/mol. The molecule has 1 rings (SSSR count). The molecular formula is C7H11BrO2. The number of hydrogen-bond acceptors (Lipinski definition) is 1. The Morgan fingerprint density at radius 1 is 1.60 bits per heavy atom. The van der Waals surface area contributed by atoms with Gasteiger partial charge in [-0.05, 0) is 24.7 Å². The second-order valence-corrected chi connectivity index (χ2v) is 3.80. The SMILES string of the molecule is O=C(O)CC1(CCBr)CC1. The smallest absolute Gasteiger partial charge is 0.303 e. The Hall–Kier alpha value is -0.0500. The van der Waals surface area contributed by atoms with Crippen molar-refractivity contribution in [1.29, 1.82) is 0 Å². The molecule has 0 atom stereocenters. The van der Waals surface area contributed by atoms with Gasteiger partial charge in [0.1, 0.15) is 0 Å². The first-order chi connectivity index (χ1) is 4.68. The highest BCUT2D eigenvalue weighted by Crippen LogP contribution is 2.51. The molecule has 0 spiro atoms. The molecule has 1 N–H and O–H groups in total. The van der Waals surface area contributed by atoms with Gasteiger partial charge in [-0.1, -0.05) is 15.9 Å². The molecule has 1 aliphatic rings. The molecule has 0 aliphatic heterocycles. The molecular weight excluding hydrogens is 196 g/mol. The number of hydrogen-bond donors (Lipinski definition) is 1. The van der Waals surface area contributed by atoms with Gasteiger partial charge in [-0.3, -0.25) is 4.79 Å². The molecule has 0 aromatic rings. The van der Waals surface area contributed by atoms with Gasteiger partial charge in [0.15, 0.2) is 0 Å². The summed E-state index contributed by atoms with van der Waals surface area (Å²) in [4.78, 5) is 10.3. The third-order valence-corrected chi connectivity index (χ3v) is 2.50. The number of alkyl halides is 1. The van der Waals surface area contributed by atoms with Crippen LogP contribution in [0.5, 0.6) is 0 Å². The van der Waals surface area contributed by atoms with Crippen molar-refractivity contribution in [2.24, 2.45) is 5.41 Å². The summed E-state index contributed by atoms with van der Waals surface area (Å²) in [5.41, 5.74) is 0.176. The Morgan fingerprint density at radius 2 is 2.20 bits per heavy atom. The summed E-state index contributed by atoms with van der Waals surface area (Å²) in [7, 11) is 0. The lowest BCUT2D eigenvalue weighted by Gasteiger charge is -2.08. The van der Waals surface area contributed by atoms with Crippen LogP contribution in [0, 0.1) is 5.41 Å². The standard InChI is InChI=1S/C7H11BrO2/c8-4-3-7(1-2-7)5-6(9)10/h1-5H2,(H,9,10). The Kier molecular flexibility index (Phi) is 2.34. The molecule has 0 amide bonds. The summed E-state index contributed by atoms with van der Waals surface area (Å²) < 4.78 is 0. The van der Waals surface area contributed by atoms with Gasteiger partial charge in [-0.25, -0.2) is 0 Å². The van der Waals surface area contributed by atoms with Gasteiger partial charge in [-0.2, -0.15) is 0 Å². The average Bonchev–Trinajstić information content (AvgIpc) is 2.47. The van der Waals surface area contributed by atoms with Crippen LogP contribution in [0.25, 0.3) is 0 Å². The van der Waals surface area contributed by atoms with Crippen molar-refractivity contribution < 1.29 is 9.90 Å². The van der Waals surface area contributed by atoms with E-state index in [0.717, 1.165) is 24.6 Å². The fourth-order valence-corrected chi connectivity index (χ4v) is 2.05. The van der Waals surface area contributed by atoms with Gasteiger partial charge in [0.05, 0.1) is 6.42 Å². The van der Waals surface area contributed by atoms with Crippen molar-refractivity contribution in [1.82, 2.24) is 0 Å². The van der Waals surface area contributed by atoms with E-state index in [0.29, 0.717) is 6.42 Å². The van der Waals surface area contributed by atoms with Gasteiger partial charge in [0.25, 0.3) is 0 Å². The van der Waals surface area contributed by atoms with Crippen LogP contribution in [-0.2, 0) is 4.79 Å². The maximum Gasteiger partial charge on any atom is 0.303 e. The van der Waals surface area contributed by atoms with Crippen LogP contribution < -0.4 is 0 Å². The van der Waals surface area contributed by atoms with Gasteiger partial charge in [0.2, 0.25) is 0 Å². The molecule has 1 saturated carbocycles. The molecule has 0 saturated heterocycles. The first-order valence-corrected chi connectivity index (χ1v) is 4.58. The second kappa shape index (κ2) is 2.91. The number of halogens is 1. The average molecular weight is 207 g/mol. The van der Waals surface area contributed by atoms with E-state index in [1.807, 2.05) is 0 Å². The van der Waals surface area contributed by atoms with Gasteiger partial charge in [-0.15, -0.1) is 0 Å². The molecule has 0 unspecified atom stereocenters. The number of rotatable bonds is 4. The topological polar surface area (TPSA) is 37.3 Å². The van der Waals surface area contributed by atoms with E-state index < -0.39 is 5.97 Å². The zero-order valence-electron chi connectivity index (χ0n) is 5.77. The molecule has 1 fully saturated rings. The largest absolute Gasteiger partial charge is 0.481 e. The van der Waals surface area contributed by atoms with Crippen molar-refractivity contribution in [3.05, 3.63) is 0 Å². The van der Waals surface area contributed by atoms with E-state index in [4.69, 9.17) is 5.11 Å². The van der Waals surface area contributed by atoms with E-state index in [-0.39, 0.29) is 5.41 Å². The number of carboxylic acid groups (broad SMARTS) is 1. The first kappa shape index (κ1) is 8.05. The summed E-state index contributed by atoms with van der Waals surface area (Å²) in [6.07, 6.45) is 3.58. The number of carbonyl (C=O) groups is 1. The highest BCUT2D eigenvalue weighted by atomic mass is 79.9. The van der Waals surface area contributed by atoms with E-state index in [9.17, 15) is 4.79 Å². The zero-order valence-corrected chi connectivity index (χ0v) is 7.35. The first-order valence-electron chi connectivity index (χ1n) is 3.46. The summed E-state index contributed by atoms with van der Waals surface area (Å²) in [5.74, 6) is -0.654. The highest BCUT2D eigenvalue weighted by Gasteiger charge is 2.43. The molecule has 3 heteroatoms. The lowest BCUT2D eigenvalue weighted by atomic mass is 10.00. The third-order valence-electron chi connectivity index (χ3n) is 2.11. The summed E-state index contributed by atoms with van der Waals surface area (Å²) >= 11 is 3.32. The summed E-state index contributed by atoms with van der Waals surface area (Å²) in [6.45, 7) is 0. The van der Waals surface area contributed by atoms with Crippen molar-refractivity contribution in [2.75, 3.05) is 5.33 Å². The lowest BCUT2D eigenvalue weighted by molar-refractivity contribution is -0.138. The second-order valence-electron chi connectivity index (χ2n) is 3.01. The van der Waals surface area contributed by atoms with Crippen LogP contribution in [-0.4, -0.2) is 16.4 Å². The fraction of sp³-hybridized carbons (Fsp3) is 0.857.